The fraction of sp³-hybridized carbons (Fsp3) is 0.455. The summed E-state index contributed by atoms with van der Waals surface area (Å²) in [6, 6.07) is 2.18. The summed E-state index contributed by atoms with van der Waals surface area (Å²) in [5, 5.41) is 12.5. The zero-order valence-corrected chi connectivity index (χ0v) is 11.0. The predicted octanol–water partition coefficient (Wildman–Crippen LogP) is 1.78. The van der Waals surface area contributed by atoms with Gasteiger partial charge in [-0.2, -0.15) is 5.26 Å². The van der Waals surface area contributed by atoms with Crippen molar-refractivity contribution in [3.63, 3.8) is 0 Å². The van der Waals surface area contributed by atoms with Crippen molar-refractivity contribution in [3.05, 3.63) is 16.0 Å². The molecule has 0 bridgehead atoms. The molecule has 0 aromatic carbocycles. The number of nitrogens with one attached hydrogen (secondary N) is 1. The highest BCUT2D eigenvalue weighted by Gasteiger charge is 2.23. The molecule has 0 aliphatic carbocycles. The maximum atomic E-state index is 11.3. The minimum atomic E-state index is -0.268. The van der Waals surface area contributed by atoms with Crippen LogP contribution >= 0.6 is 22.9 Å². The first-order valence-electron chi connectivity index (χ1n) is 5.24. The molecule has 1 aliphatic rings. The van der Waals surface area contributed by atoms with Crippen molar-refractivity contribution in [2.45, 2.75) is 13.0 Å². The van der Waals surface area contributed by atoms with Crippen LogP contribution in [0.1, 0.15) is 16.0 Å². The topological polar surface area (TPSA) is 56.1 Å². The standard InChI is InChI=1S/C11H12ClN3OS/c1-15-3-2-7-8(5-13)11(14-10(16)4-12)17-9(7)6-15/h2-4,6H2,1H3,(H,14,16). The molecule has 6 heteroatoms. The fourth-order valence-electron chi connectivity index (χ4n) is 1.90. The maximum Gasteiger partial charge on any atom is 0.239 e. The van der Waals surface area contributed by atoms with Crippen molar-refractivity contribution in [1.82, 2.24) is 4.90 Å². The first kappa shape index (κ1) is 12.4. The van der Waals surface area contributed by atoms with E-state index in [4.69, 9.17) is 11.6 Å². The van der Waals surface area contributed by atoms with Crippen molar-refractivity contribution in [3.8, 4) is 6.07 Å². The van der Waals surface area contributed by atoms with Gasteiger partial charge in [-0.3, -0.25) is 4.79 Å². The minimum Gasteiger partial charge on any atom is -0.316 e. The van der Waals surface area contributed by atoms with Crippen LogP contribution in [0.3, 0.4) is 0 Å². The molecule has 2 rings (SSSR count). The average molecular weight is 270 g/mol. The number of nitriles is 1. The van der Waals surface area contributed by atoms with Crippen molar-refractivity contribution in [2.75, 3.05) is 24.8 Å². The van der Waals surface area contributed by atoms with E-state index >= 15 is 0 Å². The van der Waals surface area contributed by atoms with E-state index in [0.717, 1.165) is 25.1 Å². The second-order valence-corrected chi connectivity index (χ2v) is 5.36. The Morgan fingerprint density at radius 3 is 3.12 bits per heavy atom. The minimum absolute atomic E-state index is 0.0899. The van der Waals surface area contributed by atoms with Crippen LogP contribution in [-0.4, -0.2) is 30.3 Å². The number of hydrogen-bond acceptors (Lipinski definition) is 4. The molecule has 0 unspecified atom stereocenters. The van der Waals surface area contributed by atoms with Crippen LogP contribution in [0.5, 0.6) is 0 Å². The Balaban J connectivity index is 2.34. The smallest absolute Gasteiger partial charge is 0.239 e. The van der Waals surface area contributed by atoms with E-state index in [1.54, 1.807) is 0 Å². The van der Waals surface area contributed by atoms with Crippen LogP contribution in [0.4, 0.5) is 5.00 Å². The summed E-state index contributed by atoms with van der Waals surface area (Å²) in [6.45, 7) is 1.78. The number of likely N-dealkylation sites (N-methyl/N-ethyl adjacent to an activating group) is 1. The summed E-state index contributed by atoms with van der Waals surface area (Å²) >= 11 is 6.93. The van der Waals surface area contributed by atoms with E-state index in [9.17, 15) is 10.1 Å². The lowest BCUT2D eigenvalue weighted by Crippen LogP contribution is -2.25. The molecule has 0 spiro atoms. The zero-order chi connectivity index (χ0) is 12.4. The van der Waals surface area contributed by atoms with Gasteiger partial charge in [-0.15, -0.1) is 22.9 Å². The SMILES string of the molecule is CN1CCc2c(sc(NC(=O)CCl)c2C#N)C1. The lowest BCUT2D eigenvalue weighted by atomic mass is 10.0. The second-order valence-electron chi connectivity index (χ2n) is 3.99. The van der Waals surface area contributed by atoms with E-state index in [2.05, 4.69) is 16.3 Å². The Bertz CT molecular complexity index is 492. The van der Waals surface area contributed by atoms with Gasteiger partial charge in [0, 0.05) is 18.0 Å². The van der Waals surface area contributed by atoms with Gasteiger partial charge in [0.1, 0.15) is 17.0 Å². The lowest BCUT2D eigenvalue weighted by molar-refractivity contribution is -0.113. The second kappa shape index (κ2) is 5.05. The van der Waals surface area contributed by atoms with Gasteiger partial charge >= 0.3 is 0 Å². The predicted molar refractivity (Wildman–Crippen MR) is 68.4 cm³/mol. The first-order valence-corrected chi connectivity index (χ1v) is 6.59. The van der Waals surface area contributed by atoms with E-state index in [-0.39, 0.29) is 11.8 Å². The van der Waals surface area contributed by atoms with Crippen molar-refractivity contribution in [2.24, 2.45) is 0 Å². The summed E-state index contributed by atoms with van der Waals surface area (Å²) in [4.78, 5) is 14.6. The van der Waals surface area contributed by atoms with E-state index in [1.807, 2.05) is 7.05 Å². The molecule has 1 aliphatic heterocycles. The Hall–Kier alpha value is -1.09. The van der Waals surface area contributed by atoms with Crippen molar-refractivity contribution in [1.29, 1.82) is 5.26 Å². The van der Waals surface area contributed by atoms with Gasteiger partial charge in [-0.05, 0) is 19.0 Å². The summed E-state index contributed by atoms with van der Waals surface area (Å²) < 4.78 is 0. The molecule has 1 N–H and O–H groups in total. The molecule has 0 radical (unpaired) electrons. The Kier molecular flexibility index (Phi) is 3.67. The normalized spacial score (nSPS) is 15.1. The van der Waals surface area contributed by atoms with Gasteiger partial charge in [0.2, 0.25) is 5.91 Å². The molecule has 17 heavy (non-hydrogen) atoms. The molecular formula is C11H12ClN3OS. The maximum absolute atomic E-state index is 11.3. The number of rotatable bonds is 2. The third-order valence-electron chi connectivity index (χ3n) is 2.73. The largest absolute Gasteiger partial charge is 0.316 e. The van der Waals surface area contributed by atoms with Crippen molar-refractivity contribution >= 4 is 33.8 Å². The summed E-state index contributed by atoms with van der Waals surface area (Å²) in [7, 11) is 2.05. The molecule has 0 saturated heterocycles. The average Bonchev–Trinajstić information content (AvgIpc) is 2.64. The number of carbonyl (C=O) groups excluding carboxylic acids is 1. The molecule has 0 atom stereocenters. The number of hydrogen-bond donors (Lipinski definition) is 1. The van der Waals surface area contributed by atoms with E-state index in [1.165, 1.54) is 16.2 Å². The Morgan fingerprint density at radius 2 is 2.47 bits per heavy atom. The summed E-state index contributed by atoms with van der Waals surface area (Å²) in [6.07, 6.45) is 0.863. The van der Waals surface area contributed by atoms with Crippen LogP contribution in [0.2, 0.25) is 0 Å². The van der Waals surface area contributed by atoms with Crippen LogP contribution in [0.25, 0.3) is 0 Å². The molecule has 1 aromatic heterocycles. The summed E-state index contributed by atoms with van der Waals surface area (Å²) in [5.74, 6) is -0.358. The lowest BCUT2D eigenvalue weighted by Gasteiger charge is -2.21. The van der Waals surface area contributed by atoms with Gasteiger partial charge in [-0.1, -0.05) is 0 Å². The molecule has 90 valence electrons. The number of amides is 1. The van der Waals surface area contributed by atoms with Crippen LogP contribution in [-0.2, 0) is 17.8 Å². The monoisotopic (exact) mass is 269 g/mol. The fourth-order valence-corrected chi connectivity index (χ4v) is 3.26. The third kappa shape index (κ3) is 2.44. The zero-order valence-electron chi connectivity index (χ0n) is 9.42. The molecule has 1 amide bonds. The van der Waals surface area contributed by atoms with E-state index < -0.39 is 0 Å². The van der Waals surface area contributed by atoms with E-state index in [0.29, 0.717) is 10.6 Å². The number of fused-ring (bicyclic) bond motifs is 1. The molecular weight excluding hydrogens is 258 g/mol. The quantitative estimate of drug-likeness (QED) is 0.833. The number of alkyl halides is 1. The van der Waals surface area contributed by atoms with Crippen molar-refractivity contribution < 1.29 is 4.79 Å². The highest BCUT2D eigenvalue weighted by Crippen LogP contribution is 2.36. The molecule has 2 heterocycles. The molecule has 1 aromatic rings. The summed E-state index contributed by atoms with van der Waals surface area (Å²) in [5.41, 5.74) is 1.69. The third-order valence-corrected chi connectivity index (χ3v) is 4.11. The number of anilines is 1. The molecule has 0 fully saturated rings. The number of nitrogens with zero attached hydrogens (tertiary/aromatic N) is 2. The number of carbonyl (C=O) groups is 1. The molecule has 4 nitrogen and oxygen atoms in total. The highest BCUT2D eigenvalue weighted by molar-refractivity contribution is 7.16. The van der Waals surface area contributed by atoms with Crippen LogP contribution in [0, 0.1) is 11.3 Å². The van der Waals surface area contributed by atoms with Gasteiger partial charge in [-0.25, -0.2) is 0 Å². The van der Waals surface area contributed by atoms with Crippen LogP contribution in [0.15, 0.2) is 0 Å². The Labute approximate surface area is 109 Å². The van der Waals surface area contributed by atoms with Gasteiger partial charge in [0.15, 0.2) is 0 Å². The first-order chi connectivity index (χ1) is 8.15. The number of thiophene rings is 1. The Morgan fingerprint density at radius 1 is 1.71 bits per heavy atom. The number of halogens is 1. The highest BCUT2D eigenvalue weighted by atomic mass is 35.5. The molecule has 0 saturated carbocycles. The van der Waals surface area contributed by atoms with Gasteiger partial charge in [0.05, 0.1) is 5.56 Å². The van der Waals surface area contributed by atoms with Crippen LogP contribution < -0.4 is 5.32 Å². The van der Waals surface area contributed by atoms with Gasteiger partial charge < -0.3 is 10.2 Å². The van der Waals surface area contributed by atoms with Gasteiger partial charge in [0.25, 0.3) is 0 Å².